The third kappa shape index (κ3) is 5.59. The Balaban J connectivity index is 2.14. The average molecular weight is 381 g/mol. The van der Waals surface area contributed by atoms with Crippen molar-refractivity contribution in [3.8, 4) is 0 Å². The Labute approximate surface area is 168 Å². The third-order valence-corrected chi connectivity index (χ3v) is 5.31. The molecule has 0 bridgehead atoms. The third-order valence-electron chi connectivity index (χ3n) is 5.31. The second-order valence-corrected chi connectivity index (χ2v) is 6.97. The van der Waals surface area contributed by atoms with Gasteiger partial charge in [-0.2, -0.15) is 0 Å². The first-order chi connectivity index (χ1) is 13.5. The number of hydrogen-bond acceptors (Lipinski definition) is 2. The number of nitrogens with two attached hydrogens (primary N) is 1. The van der Waals surface area contributed by atoms with Gasteiger partial charge in [0.15, 0.2) is 5.96 Å². The van der Waals surface area contributed by atoms with Crippen LogP contribution in [0.1, 0.15) is 55.1 Å². The summed E-state index contributed by atoms with van der Waals surface area (Å²) in [6.07, 6.45) is 2.08. The van der Waals surface area contributed by atoms with Gasteiger partial charge in [0.1, 0.15) is 0 Å². The lowest BCUT2D eigenvalue weighted by Gasteiger charge is -2.33. The van der Waals surface area contributed by atoms with E-state index in [1.165, 1.54) is 5.56 Å². The molecule has 0 aliphatic carbocycles. The van der Waals surface area contributed by atoms with Gasteiger partial charge in [-0.3, -0.25) is 4.79 Å². The zero-order valence-electron chi connectivity index (χ0n) is 17.2. The normalized spacial score (nSPS) is 11.9. The van der Waals surface area contributed by atoms with Gasteiger partial charge < -0.3 is 16.4 Å². The van der Waals surface area contributed by atoms with E-state index >= 15 is 0 Å². The largest absolute Gasteiger partial charge is 0.366 e. The molecule has 0 aliphatic heterocycles. The SMILES string of the molecule is CCNC(=NCc1cccc(C(N)=O)c1)NCC(CC)(CC)c1ccccc1. The Hall–Kier alpha value is -2.82. The van der Waals surface area contributed by atoms with Crippen molar-refractivity contribution in [2.75, 3.05) is 13.1 Å². The molecule has 5 heteroatoms. The minimum Gasteiger partial charge on any atom is -0.366 e. The summed E-state index contributed by atoms with van der Waals surface area (Å²) in [6.45, 7) is 8.58. The number of aliphatic imine (C=N–C) groups is 1. The topological polar surface area (TPSA) is 79.5 Å². The van der Waals surface area contributed by atoms with Crippen LogP contribution in [0.2, 0.25) is 0 Å². The summed E-state index contributed by atoms with van der Waals surface area (Å²) in [4.78, 5) is 16.1. The fraction of sp³-hybridized carbons (Fsp3) is 0.391. The number of nitrogens with zero attached hydrogens (tertiary/aromatic N) is 1. The maximum Gasteiger partial charge on any atom is 0.248 e. The maximum atomic E-state index is 11.4. The molecule has 1 amide bonds. The van der Waals surface area contributed by atoms with E-state index in [1.807, 2.05) is 12.1 Å². The Morgan fingerprint density at radius 2 is 1.71 bits per heavy atom. The second-order valence-electron chi connectivity index (χ2n) is 6.97. The van der Waals surface area contributed by atoms with E-state index in [1.54, 1.807) is 12.1 Å². The summed E-state index contributed by atoms with van der Waals surface area (Å²) in [5, 5.41) is 6.83. The molecule has 0 radical (unpaired) electrons. The lowest BCUT2D eigenvalue weighted by Crippen LogP contribution is -2.45. The van der Waals surface area contributed by atoms with Crippen molar-refractivity contribution in [2.24, 2.45) is 10.7 Å². The van der Waals surface area contributed by atoms with Crippen molar-refractivity contribution in [3.63, 3.8) is 0 Å². The standard InChI is InChI=1S/C23H32N4O/c1-4-23(5-2,20-13-8-7-9-14-20)17-27-22(25-6-3)26-16-18-11-10-12-19(15-18)21(24)28/h7-15H,4-6,16-17H2,1-3H3,(H2,24,28)(H2,25,26,27). The first-order valence-electron chi connectivity index (χ1n) is 10.0. The number of carbonyl (C=O) groups is 1. The average Bonchev–Trinajstić information content (AvgIpc) is 2.74. The van der Waals surface area contributed by atoms with E-state index in [0.29, 0.717) is 12.1 Å². The lowest BCUT2D eigenvalue weighted by molar-refractivity contribution is 0.1000. The number of rotatable bonds is 9. The Morgan fingerprint density at radius 3 is 2.32 bits per heavy atom. The Kier molecular flexibility index (Phi) is 8.05. The van der Waals surface area contributed by atoms with Crippen molar-refractivity contribution in [1.82, 2.24) is 10.6 Å². The molecule has 0 saturated carbocycles. The van der Waals surface area contributed by atoms with Gasteiger partial charge in [-0.25, -0.2) is 4.99 Å². The smallest absolute Gasteiger partial charge is 0.248 e. The van der Waals surface area contributed by atoms with Crippen LogP contribution in [0.3, 0.4) is 0 Å². The molecule has 2 rings (SSSR count). The Bertz CT molecular complexity index is 782. The molecular weight excluding hydrogens is 348 g/mol. The van der Waals surface area contributed by atoms with E-state index in [-0.39, 0.29) is 5.41 Å². The first-order valence-corrected chi connectivity index (χ1v) is 10.0. The van der Waals surface area contributed by atoms with Gasteiger partial charge >= 0.3 is 0 Å². The minimum atomic E-state index is -0.422. The summed E-state index contributed by atoms with van der Waals surface area (Å²) in [6, 6.07) is 17.9. The van der Waals surface area contributed by atoms with Crippen LogP contribution in [0.4, 0.5) is 0 Å². The molecule has 0 fully saturated rings. The number of guanidine groups is 1. The van der Waals surface area contributed by atoms with Crippen LogP contribution in [0, 0.1) is 0 Å². The van der Waals surface area contributed by atoms with Gasteiger partial charge in [0.2, 0.25) is 5.91 Å². The molecule has 2 aromatic rings. The molecule has 5 nitrogen and oxygen atoms in total. The van der Waals surface area contributed by atoms with Crippen molar-refractivity contribution < 1.29 is 4.79 Å². The molecular formula is C23H32N4O. The van der Waals surface area contributed by atoms with Crippen LogP contribution in [0.25, 0.3) is 0 Å². The van der Waals surface area contributed by atoms with E-state index in [9.17, 15) is 4.79 Å². The first kappa shape index (κ1) is 21.5. The highest BCUT2D eigenvalue weighted by atomic mass is 16.1. The van der Waals surface area contributed by atoms with Gasteiger partial charge in [0.05, 0.1) is 6.54 Å². The van der Waals surface area contributed by atoms with Crippen LogP contribution < -0.4 is 16.4 Å². The minimum absolute atomic E-state index is 0.0589. The fourth-order valence-electron chi connectivity index (χ4n) is 3.39. The molecule has 0 aromatic heterocycles. The highest BCUT2D eigenvalue weighted by molar-refractivity contribution is 5.92. The van der Waals surface area contributed by atoms with E-state index in [0.717, 1.165) is 37.5 Å². The number of amides is 1. The Morgan fingerprint density at radius 1 is 1.00 bits per heavy atom. The van der Waals surface area contributed by atoms with Crippen molar-refractivity contribution in [3.05, 3.63) is 71.3 Å². The van der Waals surface area contributed by atoms with E-state index in [2.05, 4.69) is 61.7 Å². The maximum absolute atomic E-state index is 11.4. The van der Waals surface area contributed by atoms with E-state index < -0.39 is 5.91 Å². The zero-order chi connectivity index (χ0) is 20.4. The quantitative estimate of drug-likeness (QED) is 0.459. The number of primary amides is 1. The summed E-state index contributed by atoms with van der Waals surface area (Å²) in [5.74, 6) is 0.351. The highest BCUT2D eigenvalue weighted by Crippen LogP contribution is 2.30. The number of hydrogen-bond donors (Lipinski definition) is 3. The highest BCUT2D eigenvalue weighted by Gasteiger charge is 2.28. The zero-order valence-corrected chi connectivity index (χ0v) is 17.2. The van der Waals surface area contributed by atoms with Crippen molar-refractivity contribution in [2.45, 2.75) is 45.6 Å². The number of benzene rings is 2. The van der Waals surface area contributed by atoms with Gasteiger partial charge in [-0.15, -0.1) is 0 Å². The monoisotopic (exact) mass is 380 g/mol. The van der Waals surface area contributed by atoms with Crippen LogP contribution in [-0.4, -0.2) is 25.0 Å². The molecule has 0 atom stereocenters. The van der Waals surface area contributed by atoms with Gasteiger partial charge in [0, 0.05) is 24.1 Å². The van der Waals surface area contributed by atoms with Crippen LogP contribution in [-0.2, 0) is 12.0 Å². The van der Waals surface area contributed by atoms with Gasteiger partial charge in [0.25, 0.3) is 0 Å². The summed E-state index contributed by atoms with van der Waals surface area (Å²) < 4.78 is 0. The van der Waals surface area contributed by atoms with Crippen molar-refractivity contribution in [1.29, 1.82) is 0 Å². The van der Waals surface area contributed by atoms with Crippen LogP contribution in [0.15, 0.2) is 59.6 Å². The van der Waals surface area contributed by atoms with Gasteiger partial charge in [-0.1, -0.05) is 56.3 Å². The summed E-state index contributed by atoms with van der Waals surface area (Å²) in [7, 11) is 0. The summed E-state index contributed by atoms with van der Waals surface area (Å²) in [5.41, 5.74) is 8.23. The second kappa shape index (κ2) is 10.5. The molecule has 4 N–H and O–H groups in total. The lowest BCUT2D eigenvalue weighted by atomic mass is 9.76. The predicted octanol–water partition coefficient (Wildman–Crippen LogP) is 3.60. The predicted molar refractivity (Wildman–Crippen MR) is 116 cm³/mol. The summed E-state index contributed by atoms with van der Waals surface area (Å²) >= 11 is 0. The molecule has 0 aliphatic rings. The van der Waals surface area contributed by atoms with E-state index in [4.69, 9.17) is 10.7 Å². The molecule has 2 aromatic carbocycles. The number of carbonyl (C=O) groups excluding carboxylic acids is 1. The molecule has 0 unspecified atom stereocenters. The van der Waals surface area contributed by atoms with Crippen LogP contribution >= 0.6 is 0 Å². The molecule has 28 heavy (non-hydrogen) atoms. The van der Waals surface area contributed by atoms with Crippen molar-refractivity contribution >= 4 is 11.9 Å². The molecule has 0 heterocycles. The van der Waals surface area contributed by atoms with Crippen LogP contribution in [0.5, 0.6) is 0 Å². The molecule has 0 spiro atoms. The molecule has 0 saturated heterocycles. The number of nitrogens with one attached hydrogen (secondary N) is 2. The fourth-order valence-corrected chi connectivity index (χ4v) is 3.39. The van der Waals surface area contributed by atoms with Gasteiger partial charge in [-0.05, 0) is 43.0 Å². The molecule has 150 valence electrons.